The van der Waals surface area contributed by atoms with Crippen molar-refractivity contribution in [2.45, 2.75) is 26.2 Å². The van der Waals surface area contributed by atoms with Crippen LogP contribution < -0.4 is 10.1 Å². The molecule has 0 aliphatic rings. The maximum absolute atomic E-state index is 11.4. The number of hydrogen-bond acceptors (Lipinski definition) is 3. The summed E-state index contributed by atoms with van der Waals surface area (Å²) in [6, 6.07) is 6.95. The summed E-state index contributed by atoms with van der Waals surface area (Å²) in [6.45, 7) is 2.82. The zero-order chi connectivity index (χ0) is 14.8. The molecule has 0 fully saturated rings. The van der Waals surface area contributed by atoms with Gasteiger partial charge in [0, 0.05) is 17.8 Å². The first-order valence-corrected chi connectivity index (χ1v) is 6.56. The Morgan fingerprint density at radius 1 is 1.20 bits per heavy atom. The number of carboxylic acids is 1. The Hall–Kier alpha value is -2.30. The van der Waals surface area contributed by atoms with Gasteiger partial charge in [0.15, 0.2) is 0 Å². The molecule has 1 aromatic carbocycles. The fourth-order valence-electron chi connectivity index (χ4n) is 1.51. The highest BCUT2D eigenvalue weighted by Crippen LogP contribution is 2.16. The molecule has 0 aromatic heterocycles. The Bertz CT molecular complexity index is 465. The van der Waals surface area contributed by atoms with Crippen LogP contribution in [0, 0.1) is 0 Å². The Balaban J connectivity index is 2.42. The van der Waals surface area contributed by atoms with Gasteiger partial charge >= 0.3 is 5.97 Å². The largest absolute Gasteiger partial charge is 0.494 e. The van der Waals surface area contributed by atoms with Crippen molar-refractivity contribution in [3.8, 4) is 5.75 Å². The quantitative estimate of drug-likeness (QED) is 0.566. The van der Waals surface area contributed by atoms with E-state index in [0.29, 0.717) is 12.3 Å². The predicted molar refractivity (Wildman–Crippen MR) is 76.9 cm³/mol. The van der Waals surface area contributed by atoms with E-state index >= 15 is 0 Å². The Morgan fingerprint density at radius 2 is 1.90 bits per heavy atom. The number of unbranched alkanes of at least 4 members (excludes halogenated alkanes) is 2. The number of rotatable bonds is 8. The lowest BCUT2D eigenvalue weighted by atomic mass is 10.2. The first kappa shape index (κ1) is 15.8. The molecule has 20 heavy (non-hydrogen) atoms. The second kappa shape index (κ2) is 8.74. The molecule has 1 amide bonds. The van der Waals surface area contributed by atoms with Crippen LogP contribution in [0.3, 0.4) is 0 Å². The molecule has 0 radical (unpaired) electrons. The van der Waals surface area contributed by atoms with Crippen molar-refractivity contribution >= 4 is 17.6 Å². The third-order valence-corrected chi connectivity index (χ3v) is 2.52. The number of carbonyl (C=O) groups is 2. The number of amides is 1. The third kappa shape index (κ3) is 6.58. The second-order valence-electron chi connectivity index (χ2n) is 4.24. The molecule has 108 valence electrons. The van der Waals surface area contributed by atoms with Crippen LogP contribution in [0.1, 0.15) is 26.2 Å². The van der Waals surface area contributed by atoms with Crippen molar-refractivity contribution < 1.29 is 19.4 Å². The summed E-state index contributed by atoms with van der Waals surface area (Å²) in [5, 5.41) is 11.0. The molecule has 0 saturated carbocycles. The molecule has 0 aliphatic heterocycles. The number of hydrogen-bond donors (Lipinski definition) is 2. The normalized spacial score (nSPS) is 10.4. The Morgan fingerprint density at radius 3 is 2.50 bits per heavy atom. The van der Waals surface area contributed by atoms with Crippen LogP contribution in [0.15, 0.2) is 36.4 Å². The van der Waals surface area contributed by atoms with Crippen LogP contribution in [-0.4, -0.2) is 23.6 Å². The average molecular weight is 277 g/mol. The molecule has 5 nitrogen and oxygen atoms in total. The van der Waals surface area contributed by atoms with Crippen molar-refractivity contribution in [1.82, 2.24) is 0 Å². The highest BCUT2D eigenvalue weighted by atomic mass is 16.5. The standard InChI is InChI=1S/C15H19NO4/c1-2-3-4-11-20-13-7-5-12(6-8-13)16-14(17)9-10-15(18)19/h5-10H,2-4,11H2,1H3,(H,16,17)(H,18,19). The van der Waals surface area contributed by atoms with Crippen LogP contribution in [0.2, 0.25) is 0 Å². The van der Waals surface area contributed by atoms with Crippen molar-refractivity contribution in [1.29, 1.82) is 0 Å². The SMILES string of the molecule is CCCCCOc1ccc(NC(=O)C=CC(=O)O)cc1. The van der Waals surface area contributed by atoms with Crippen molar-refractivity contribution in [3.05, 3.63) is 36.4 Å². The van der Waals surface area contributed by atoms with Crippen molar-refractivity contribution in [2.24, 2.45) is 0 Å². The number of ether oxygens (including phenoxy) is 1. The molecular formula is C15H19NO4. The van der Waals surface area contributed by atoms with E-state index in [1.54, 1.807) is 24.3 Å². The van der Waals surface area contributed by atoms with Crippen LogP contribution in [0.4, 0.5) is 5.69 Å². The van der Waals surface area contributed by atoms with E-state index in [1.807, 2.05) is 0 Å². The summed E-state index contributed by atoms with van der Waals surface area (Å²) in [7, 11) is 0. The van der Waals surface area contributed by atoms with Gasteiger partial charge < -0.3 is 15.2 Å². The minimum atomic E-state index is -1.16. The number of anilines is 1. The first-order chi connectivity index (χ1) is 9.61. The maximum atomic E-state index is 11.4. The molecule has 0 saturated heterocycles. The number of aliphatic carboxylic acids is 1. The van der Waals surface area contributed by atoms with Gasteiger partial charge in [0.1, 0.15) is 5.75 Å². The molecular weight excluding hydrogens is 258 g/mol. The summed E-state index contributed by atoms with van der Waals surface area (Å²) in [5.74, 6) is -0.889. The van der Waals surface area contributed by atoms with E-state index in [1.165, 1.54) is 0 Å². The van der Waals surface area contributed by atoms with E-state index in [-0.39, 0.29) is 0 Å². The second-order valence-corrected chi connectivity index (χ2v) is 4.24. The Kier molecular flexibility index (Phi) is 6.89. The summed E-state index contributed by atoms with van der Waals surface area (Å²) < 4.78 is 5.54. The van der Waals surface area contributed by atoms with Gasteiger partial charge in [-0.15, -0.1) is 0 Å². The van der Waals surface area contributed by atoms with Gasteiger partial charge in [-0.1, -0.05) is 19.8 Å². The summed E-state index contributed by atoms with van der Waals surface area (Å²) in [4.78, 5) is 21.6. The van der Waals surface area contributed by atoms with Crippen LogP contribution in [0.5, 0.6) is 5.75 Å². The minimum Gasteiger partial charge on any atom is -0.494 e. The number of carboxylic acid groups (broad SMARTS) is 1. The minimum absolute atomic E-state index is 0.482. The molecule has 0 heterocycles. The molecule has 0 atom stereocenters. The molecule has 1 aromatic rings. The lowest BCUT2D eigenvalue weighted by Crippen LogP contribution is -2.08. The first-order valence-electron chi connectivity index (χ1n) is 6.56. The highest BCUT2D eigenvalue weighted by molar-refractivity contribution is 6.02. The molecule has 0 unspecified atom stereocenters. The molecule has 2 N–H and O–H groups in total. The molecule has 0 spiro atoms. The lowest BCUT2D eigenvalue weighted by molar-refractivity contribution is -0.131. The lowest BCUT2D eigenvalue weighted by Gasteiger charge is -2.07. The van der Waals surface area contributed by atoms with Crippen LogP contribution >= 0.6 is 0 Å². The van der Waals surface area contributed by atoms with Crippen molar-refractivity contribution in [3.63, 3.8) is 0 Å². The zero-order valence-electron chi connectivity index (χ0n) is 11.5. The van der Waals surface area contributed by atoms with E-state index < -0.39 is 11.9 Å². The third-order valence-electron chi connectivity index (χ3n) is 2.52. The topological polar surface area (TPSA) is 75.6 Å². The van der Waals surface area contributed by atoms with Gasteiger partial charge in [-0.2, -0.15) is 0 Å². The molecule has 1 rings (SSSR count). The Labute approximate surface area is 118 Å². The van der Waals surface area contributed by atoms with Gasteiger partial charge in [-0.3, -0.25) is 4.79 Å². The molecule has 0 bridgehead atoms. The molecule has 5 heteroatoms. The summed E-state index contributed by atoms with van der Waals surface area (Å²) >= 11 is 0. The average Bonchev–Trinajstić information content (AvgIpc) is 2.43. The van der Waals surface area contributed by atoms with E-state index in [2.05, 4.69) is 12.2 Å². The number of carbonyl (C=O) groups excluding carboxylic acids is 1. The summed E-state index contributed by atoms with van der Waals surface area (Å²) in [6.07, 6.45) is 5.08. The van der Waals surface area contributed by atoms with E-state index in [4.69, 9.17) is 9.84 Å². The van der Waals surface area contributed by atoms with Gasteiger partial charge in [-0.05, 0) is 30.7 Å². The predicted octanol–water partition coefficient (Wildman–Crippen LogP) is 2.83. The summed E-state index contributed by atoms with van der Waals surface area (Å²) in [5.41, 5.74) is 0.589. The smallest absolute Gasteiger partial charge is 0.328 e. The molecule has 0 aliphatic carbocycles. The van der Waals surface area contributed by atoms with Crippen LogP contribution in [-0.2, 0) is 9.59 Å². The van der Waals surface area contributed by atoms with E-state index in [0.717, 1.165) is 37.2 Å². The van der Waals surface area contributed by atoms with Crippen molar-refractivity contribution in [2.75, 3.05) is 11.9 Å². The fraction of sp³-hybridized carbons (Fsp3) is 0.333. The van der Waals surface area contributed by atoms with Gasteiger partial charge in [0.25, 0.3) is 0 Å². The fourth-order valence-corrected chi connectivity index (χ4v) is 1.51. The van der Waals surface area contributed by atoms with E-state index in [9.17, 15) is 9.59 Å². The maximum Gasteiger partial charge on any atom is 0.328 e. The van der Waals surface area contributed by atoms with Gasteiger partial charge in [-0.25, -0.2) is 4.79 Å². The number of benzene rings is 1. The number of nitrogens with one attached hydrogen (secondary N) is 1. The van der Waals surface area contributed by atoms with Gasteiger partial charge in [0.2, 0.25) is 5.91 Å². The van der Waals surface area contributed by atoms with Crippen LogP contribution in [0.25, 0.3) is 0 Å². The monoisotopic (exact) mass is 277 g/mol. The zero-order valence-corrected chi connectivity index (χ0v) is 11.5. The highest BCUT2D eigenvalue weighted by Gasteiger charge is 2.00. The van der Waals surface area contributed by atoms with Gasteiger partial charge in [0.05, 0.1) is 6.61 Å².